The Hall–Kier alpha value is -8.27. The molecule has 10 rings (SSSR count). The minimum Gasteiger partial charge on any atom is -0.307 e. The molecule has 0 unspecified atom stereocenters. The standard InChI is InChI=1S/C53H25F15N4/c54-49(55,56)31-11-13-34(41(22-31)52(63,64)65)28-9-15-45-39(20-28)36-5-1-3-7-43(36)71(45)47-26-70-48(24-38(47)30-17-27(25-69)18-33(19-30)51(60,61)62)72-44-8-4-2-6-37(44)40-21-29(10-16-46(40)72)35-14-12-32(50(57,58)59)23-42(35)53(66,67)68/h1-24,26H. The molecule has 0 radical (unpaired) electrons. The minimum atomic E-state index is -5.21. The largest absolute Gasteiger partial charge is 0.417 e. The first-order valence-electron chi connectivity index (χ1n) is 21.1. The molecule has 0 aliphatic heterocycles. The highest BCUT2D eigenvalue weighted by atomic mass is 19.4. The van der Waals surface area contributed by atoms with E-state index in [0.717, 1.165) is 18.2 Å². The van der Waals surface area contributed by atoms with Gasteiger partial charge in [0.05, 0.1) is 73.4 Å². The molecule has 19 heteroatoms. The summed E-state index contributed by atoms with van der Waals surface area (Å²) in [5.74, 6) is 0.0409. The number of hydrogen-bond acceptors (Lipinski definition) is 2. The van der Waals surface area contributed by atoms with Crippen LogP contribution in [-0.4, -0.2) is 14.1 Å². The molecular formula is C53H25F15N4. The average molecular weight is 1000 g/mol. The van der Waals surface area contributed by atoms with E-state index in [0.29, 0.717) is 50.9 Å². The highest BCUT2D eigenvalue weighted by Gasteiger charge is 2.40. The van der Waals surface area contributed by atoms with Gasteiger partial charge in [0.1, 0.15) is 5.82 Å². The number of pyridine rings is 1. The fraction of sp³-hybridized carbons (Fsp3) is 0.0943. The van der Waals surface area contributed by atoms with Gasteiger partial charge in [-0.1, -0.05) is 60.7 Å². The fourth-order valence-corrected chi connectivity index (χ4v) is 9.18. The molecule has 0 saturated carbocycles. The topological polar surface area (TPSA) is 46.5 Å². The third-order valence-electron chi connectivity index (χ3n) is 12.3. The monoisotopic (exact) mass is 1000 g/mol. The number of halogens is 15. The summed E-state index contributed by atoms with van der Waals surface area (Å²) in [7, 11) is 0. The molecule has 7 aromatic carbocycles. The minimum absolute atomic E-state index is 0.0198. The second kappa shape index (κ2) is 16.4. The van der Waals surface area contributed by atoms with Gasteiger partial charge in [-0.2, -0.15) is 71.1 Å². The molecule has 3 aromatic heterocycles. The van der Waals surface area contributed by atoms with Gasteiger partial charge in [0.15, 0.2) is 0 Å². The molecule has 362 valence electrons. The number of hydrogen-bond donors (Lipinski definition) is 0. The molecule has 0 fully saturated rings. The van der Waals surface area contributed by atoms with E-state index < -0.39 is 69.8 Å². The van der Waals surface area contributed by atoms with Gasteiger partial charge in [0.2, 0.25) is 0 Å². The lowest BCUT2D eigenvalue weighted by molar-refractivity contribution is -0.144. The smallest absolute Gasteiger partial charge is 0.307 e. The predicted molar refractivity (Wildman–Crippen MR) is 239 cm³/mol. The number of nitrogens with zero attached hydrogens (tertiary/aromatic N) is 4. The van der Waals surface area contributed by atoms with E-state index in [-0.39, 0.29) is 62.4 Å². The van der Waals surface area contributed by atoms with Crippen LogP contribution < -0.4 is 0 Å². The number of alkyl halides is 15. The van der Waals surface area contributed by atoms with Crippen LogP contribution in [0.4, 0.5) is 65.9 Å². The maximum Gasteiger partial charge on any atom is 0.417 e. The third-order valence-corrected chi connectivity index (χ3v) is 12.3. The molecule has 0 amide bonds. The Kier molecular flexibility index (Phi) is 10.8. The summed E-state index contributed by atoms with van der Waals surface area (Å²) in [6, 6.07) is 29.4. The first kappa shape index (κ1) is 47.4. The van der Waals surface area contributed by atoms with Gasteiger partial charge < -0.3 is 4.57 Å². The van der Waals surface area contributed by atoms with Gasteiger partial charge >= 0.3 is 30.9 Å². The Bertz CT molecular complexity index is 3880. The summed E-state index contributed by atoms with van der Waals surface area (Å²) in [5.41, 5.74) is -7.70. The van der Waals surface area contributed by atoms with Crippen LogP contribution in [0.1, 0.15) is 33.4 Å². The number of aromatic nitrogens is 3. The first-order valence-corrected chi connectivity index (χ1v) is 21.1. The number of nitriles is 1. The molecule has 72 heavy (non-hydrogen) atoms. The van der Waals surface area contributed by atoms with Gasteiger partial charge in [-0.25, -0.2) is 4.98 Å². The summed E-state index contributed by atoms with van der Waals surface area (Å²) in [6.45, 7) is 0. The van der Waals surface area contributed by atoms with Crippen LogP contribution in [0.5, 0.6) is 0 Å². The summed E-state index contributed by atoms with van der Waals surface area (Å²) in [4.78, 5) is 4.77. The van der Waals surface area contributed by atoms with Crippen LogP contribution in [0.25, 0.3) is 88.5 Å². The van der Waals surface area contributed by atoms with Crippen molar-refractivity contribution in [1.82, 2.24) is 14.1 Å². The van der Waals surface area contributed by atoms with Crippen molar-refractivity contribution in [3.63, 3.8) is 0 Å². The molecule has 0 bridgehead atoms. The van der Waals surface area contributed by atoms with Crippen molar-refractivity contribution >= 4 is 43.6 Å². The van der Waals surface area contributed by atoms with Crippen molar-refractivity contribution in [3.8, 4) is 51.0 Å². The highest BCUT2D eigenvalue weighted by Crippen LogP contribution is 2.46. The molecule has 0 aliphatic carbocycles. The van der Waals surface area contributed by atoms with E-state index in [1.54, 1.807) is 63.7 Å². The Morgan fingerprint density at radius 3 is 1.31 bits per heavy atom. The quantitative estimate of drug-likeness (QED) is 0.161. The lowest BCUT2D eigenvalue weighted by Gasteiger charge is -2.18. The zero-order chi connectivity index (χ0) is 51.4. The lowest BCUT2D eigenvalue weighted by atomic mass is 9.95. The van der Waals surface area contributed by atoms with E-state index in [1.807, 2.05) is 0 Å². The lowest BCUT2D eigenvalue weighted by Crippen LogP contribution is -2.12. The van der Waals surface area contributed by atoms with Gasteiger partial charge in [-0.15, -0.1) is 0 Å². The number of rotatable bonds is 5. The van der Waals surface area contributed by atoms with Crippen molar-refractivity contribution in [2.24, 2.45) is 0 Å². The Morgan fingerprint density at radius 1 is 0.375 bits per heavy atom. The number of benzene rings is 7. The Morgan fingerprint density at radius 2 is 0.833 bits per heavy atom. The van der Waals surface area contributed by atoms with Crippen LogP contribution in [0, 0.1) is 11.3 Å². The molecule has 3 heterocycles. The van der Waals surface area contributed by atoms with Crippen molar-refractivity contribution in [1.29, 1.82) is 5.26 Å². The molecule has 0 spiro atoms. The Balaban J connectivity index is 1.22. The van der Waals surface area contributed by atoms with E-state index in [9.17, 15) is 71.1 Å². The normalized spacial score (nSPS) is 12.9. The van der Waals surface area contributed by atoms with E-state index in [4.69, 9.17) is 4.98 Å². The van der Waals surface area contributed by atoms with Crippen LogP contribution in [0.2, 0.25) is 0 Å². The molecule has 0 aliphatic rings. The molecular weight excluding hydrogens is 978 g/mol. The van der Waals surface area contributed by atoms with Gasteiger partial charge in [-0.05, 0) is 113 Å². The summed E-state index contributed by atoms with van der Waals surface area (Å²) in [6.07, 6.45) is -24.2. The van der Waals surface area contributed by atoms with Crippen LogP contribution in [0.3, 0.4) is 0 Å². The van der Waals surface area contributed by atoms with Crippen molar-refractivity contribution < 1.29 is 65.9 Å². The maximum atomic E-state index is 14.6. The predicted octanol–water partition coefficient (Wildman–Crippen LogP) is 17.2. The zero-order valence-electron chi connectivity index (χ0n) is 35.9. The SMILES string of the molecule is N#Cc1cc(-c2cc(-n3c4ccccc4c4cc(-c5ccc(C(F)(F)F)cc5C(F)(F)F)ccc43)ncc2-n2c3ccccc3c3cc(-c4ccc(C(F)(F)F)cc4C(F)(F)F)ccc32)cc(C(F)(F)F)c1. The van der Waals surface area contributed by atoms with Crippen molar-refractivity contribution in [3.05, 3.63) is 185 Å². The first-order chi connectivity index (χ1) is 33.8. The van der Waals surface area contributed by atoms with Crippen LogP contribution >= 0.6 is 0 Å². The average Bonchev–Trinajstić information content (AvgIpc) is 3.84. The number of para-hydroxylation sites is 2. The summed E-state index contributed by atoms with van der Waals surface area (Å²) in [5, 5.41) is 11.4. The Labute approximate surface area is 395 Å². The molecule has 4 nitrogen and oxygen atoms in total. The summed E-state index contributed by atoms with van der Waals surface area (Å²) < 4.78 is 215. The van der Waals surface area contributed by atoms with Crippen LogP contribution in [0.15, 0.2) is 152 Å². The van der Waals surface area contributed by atoms with Gasteiger partial charge in [-0.3, -0.25) is 4.57 Å². The second-order valence-electron chi connectivity index (χ2n) is 16.6. The van der Waals surface area contributed by atoms with E-state index in [2.05, 4.69) is 0 Å². The fourth-order valence-electron chi connectivity index (χ4n) is 9.18. The molecule has 0 atom stereocenters. The number of fused-ring (bicyclic) bond motifs is 6. The zero-order valence-corrected chi connectivity index (χ0v) is 35.9. The van der Waals surface area contributed by atoms with E-state index >= 15 is 0 Å². The highest BCUT2D eigenvalue weighted by molar-refractivity contribution is 6.12. The molecule has 0 saturated heterocycles. The maximum absolute atomic E-state index is 14.6. The van der Waals surface area contributed by atoms with Gasteiger partial charge in [0.25, 0.3) is 0 Å². The summed E-state index contributed by atoms with van der Waals surface area (Å²) >= 11 is 0. The molecule has 10 aromatic rings. The van der Waals surface area contributed by atoms with Crippen molar-refractivity contribution in [2.45, 2.75) is 30.9 Å². The second-order valence-corrected chi connectivity index (χ2v) is 16.6. The van der Waals surface area contributed by atoms with E-state index in [1.165, 1.54) is 54.7 Å². The van der Waals surface area contributed by atoms with Crippen LogP contribution in [-0.2, 0) is 30.9 Å². The third kappa shape index (κ3) is 8.19. The molecule has 0 N–H and O–H groups in total. The van der Waals surface area contributed by atoms with Gasteiger partial charge in [0, 0.05) is 27.1 Å². The van der Waals surface area contributed by atoms with Crippen molar-refractivity contribution in [2.75, 3.05) is 0 Å².